The fraction of sp³-hybridized carbons (Fsp3) is 0.364. The van der Waals surface area contributed by atoms with Crippen LogP contribution in [0.15, 0.2) is 59.2 Å². The van der Waals surface area contributed by atoms with Crippen LogP contribution < -0.4 is 0 Å². The molecule has 1 aromatic carbocycles. The third-order valence-electron chi connectivity index (χ3n) is 4.26. The summed E-state index contributed by atoms with van der Waals surface area (Å²) < 4.78 is 30.4. The number of carboxylic acid groups (broad SMARTS) is 2. The van der Waals surface area contributed by atoms with Crippen molar-refractivity contribution in [2.45, 2.75) is 45.4 Å². The minimum atomic E-state index is -4.09. The third-order valence-corrected chi connectivity index (χ3v) is 5.07. The van der Waals surface area contributed by atoms with Crippen molar-refractivity contribution in [3.05, 3.63) is 64.8 Å². The van der Waals surface area contributed by atoms with Gasteiger partial charge in [-0.1, -0.05) is 43.7 Å². The van der Waals surface area contributed by atoms with Gasteiger partial charge >= 0.3 is 11.9 Å². The molecule has 0 spiro atoms. The molecule has 0 aromatic heterocycles. The summed E-state index contributed by atoms with van der Waals surface area (Å²) in [6.45, 7) is 1.95. The number of aliphatic carboxylic acids is 2. The van der Waals surface area contributed by atoms with E-state index in [4.69, 9.17) is 4.55 Å². The number of hydrogen-bond donors (Lipinski definition) is 3. The lowest BCUT2D eigenvalue weighted by molar-refractivity contribution is -0.133. The van der Waals surface area contributed by atoms with Crippen LogP contribution in [0, 0.1) is 0 Å². The second kappa shape index (κ2) is 12.8. The van der Waals surface area contributed by atoms with Crippen LogP contribution in [0.3, 0.4) is 0 Å². The highest BCUT2D eigenvalue weighted by atomic mass is 32.2. The zero-order valence-electron chi connectivity index (χ0n) is 17.0. The molecule has 0 saturated carbocycles. The highest BCUT2D eigenvalue weighted by molar-refractivity contribution is 7.85. The Bertz CT molecular complexity index is 910. The maximum absolute atomic E-state index is 11.7. The average molecular weight is 437 g/mol. The van der Waals surface area contributed by atoms with E-state index in [1.165, 1.54) is 12.2 Å². The fourth-order valence-electron chi connectivity index (χ4n) is 2.72. The van der Waals surface area contributed by atoms with Crippen LogP contribution in [0.5, 0.6) is 0 Å². The van der Waals surface area contributed by atoms with Crippen LogP contribution in [-0.2, 0) is 19.7 Å². The first kappa shape index (κ1) is 25.3. The topological polar surface area (TPSA) is 129 Å². The molecule has 0 saturated heterocycles. The molecule has 0 atom stereocenters. The highest BCUT2D eigenvalue weighted by Gasteiger charge is 2.12. The Labute approximate surface area is 177 Å². The molecule has 0 aliphatic rings. The second-order valence-electron chi connectivity index (χ2n) is 6.85. The lowest BCUT2D eigenvalue weighted by Gasteiger charge is -2.06. The number of carboxylic acids is 2. The van der Waals surface area contributed by atoms with E-state index in [0.717, 1.165) is 12.0 Å². The summed E-state index contributed by atoms with van der Waals surface area (Å²) in [5.41, 5.74) is 1.44. The van der Waals surface area contributed by atoms with Crippen LogP contribution in [0.1, 0.15) is 51.0 Å². The van der Waals surface area contributed by atoms with Crippen molar-refractivity contribution in [3.63, 3.8) is 0 Å². The first-order valence-electron chi connectivity index (χ1n) is 9.72. The minimum Gasteiger partial charge on any atom is -0.478 e. The predicted molar refractivity (Wildman–Crippen MR) is 116 cm³/mol. The van der Waals surface area contributed by atoms with Crippen LogP contribution in [0.4, 0.5) is 0 Å². The second-order valence-corrected chi connectivity index (χ2v) is 8.42. The normalized spacial score (nSPS) is 13.3. The van der Waals surface area contributed by atoms with Gasteiger partial charge in [0.15, 0.2) is 0 Å². The van der Waals surface area contributed by atoms with E-state index in [1.54, 1.807) is 6.08 Å². The number of hydrogen-bond acceptors (Lipinski definition) is 4. The molecule has 1 aromatic rings. The summed E-state index contributed by atoms with van der Waals surface area (Å²) in [7, 11) is -4.09. The predicted octanol–water partition coefficient (Wildman–Crippen LogP) is 4.34. The molecule has 3 N–H and O–H groups in total. The van der Waals surface area contributed by atoms with E-state index in [0.29, 0.717) is 18.4 Å². The molecule has 7 nitrogen and oxygen atoms in total. The van der Waals surface area contributed by atoms with Crippen LogP contribution in [0.2, 0.25) is 0 Å². The van der Waals surface area contributed by atoms with E-state index in [9.17, 15) is 28.2 Å². The molecule has 0 aliphatic heterocycles. The van der Waals surface area contributed by atoms with Gasteiger partial charge in [-0.25, -0.2) is 9.59 Å². The molecular formula is C22H28O7S. The number of allylic oxidation sites excluding steroid dienone is 3. The Kier molecular flexibility index (Phi) is 10.8. The Morgan fingerprint density at radius 3 is 1.90 bits per heavy atom. The molecule has 0 aliphatic carbocycles. The summed E-state index contributed by atoms with van der Waals surface area (Å²) in [6.07, 6.45) is 6.94. The Balaban J connectivity index is 3.24. The lowest BCUT2D eigenvalue weighted by atomic mass is 10.00. The van der Waals surface area contributed by atoms with E-state index in [2.05, 4.69) is 0 Å². The summed E-state index contributed by atoms with van der Waals surface area (Å²) in [6, 6.07) is 9.12. The number of benzene rings is 1. The van der Waals surface area contributed by atoms with E-state index >= 15 is 0 Å². The quantitative estimate of drug-likeness (QED) is 0.181. The third kappa shape index (κ3) is 10.7. The van der Waals surface area contributed by atoms with Crippen molar-refractivity contribution >= 4 is 28.1 Å². The van der Waals surface area contributed by atoms with Gasteiger partial charge in [-0.2, -0.15) is 8.42 Å². The largest absolute Gasteiger partial charge is 0.478 e. The molecule has 0 amide bonds. The molecule has 1 rings (SSSR count). The van der Waals surface area contributed by atoms with Crippen molar-refractivity contribution in [3.8, 4) is 0 Å². The summed E-state index contributed by atoms with van der Waals surface area (Å²) >= 11 is 0. The average Bonchev–Trinajstić information content (AvgIpc) is 2.66. The van der Waals surface area contributed by atoms with E-state index in [1.807, 2.05) is 37.3 Å². The van der Waals surface area contributed by atoms with Crippen molar-refractivity contribution in [2.24, 2.45) is 0 Å². The highest BCUT2D eigenvalue weighted by Crippen LogP contribution is 2.19. The molecule has 0 unspecified atom stereocenters. The first-order chi connectivity index (χ1) is 14.1. The number of unbranched alkanes of at least 4 members (excludes halogenated alkanes) is 2. The Hall–Kier alpha value is -2.71. The monoisotopic (exact) mass is 436 g/mol. The van der Waals surface area contributed by atoms with Crippen LogP contribution in [0.25, 0.3) is 6.08 Å². The smallest absolute Gasteiger partial charge is 0.331 e. The van der Waals surface area contributed by atoms with Gasteiger partial charge in [-0.05, 0) is 61.5 Å². The van der Waals surface area contributed by atoms with Crippen molar-refractivity contribution in [1.82, 2.24) is 0 Å². The zero-order valence-corrected chi connectivity index (χ0v) is 17.8. The van der Waals surface area contributed by atoms with Crippen molar-refractivity contribution in [2.75, 3.05) is 5.75 Å². The fourth-order valence-corrected chi connectivity index (χ4v) is 3.29. The van der Waals surface area contributed by atoms with Crippen LogP contribution in [-0.4, -0.2) is 40.9 Å². The van der Waals surface area contributed by atoms with Gasteiger partial charge in [0.25, 0.3) is 10.1 Å². The van der Waals surface area contributed by atoms with Gasteiger partial charge in [0, 0.05) is 11.1 Å². The maximum Gasteiger partial charge on any atom is 0.331 e. The SMILES string of the molecule is CCCCC(=CC(=Cc1ccccc1)C=C(CCCCS(=O)(=O)O)C(=O)O)C(=O)O. The lowest BCUT2D eigenvalue weighted by Crippen LogP contribution is -2.06. The van der Waals surface area contributed by atoms with Gasteiger partial charge < -0.3 is 10.2 Å². The molecule has 0 heterocycles. The summed E-state index contributed by atoms with van der Waals surface area (Å²) in [5, 5.41) is 19.0. The molecule has 30 heavy (non-hydrogen) atoms. The van der Waals surface area contributed by atoms with E-state index < -0.39 is 27.8 Å². The maximum atomic E-state index is 11.7. The molecule has 0 fully saturated rings. The minimum absolute atomic E-state index is 0.0315. The molecule has 8 heteroatoms. The van der Waals surface area contributed by atoms with Gasteiger partial charge in [-0.3, -0.25) is 4.55 Å². The van der Waals surface area contributed by atoms with Gasteiger partial charge in [-0.15, -0.1) is 0 Å². The molecule has 0 bridgehead atoms. The first-order valence-corrected chi connectivity index (χ1v) is 11.3. The molecule has 0 radical (unpaired) electrons. The van der Waals surface area contributed by atoms with Gasteiger partial charge in [0.2, 0.25) is 0 Å². The summed E-state index contributed by atoms with van der Waals surface area (Å²) in [5.74, 6) is -2.66. The van der Waals surface area contributed by atoms with Crippen LogP contribution >= 0.6 is 0 Å². The Morgan fingerprint density at radius 2 is 1.43 bits per heavy atom. The van der Waals surface area contributed by atoms with E-state index in [-0.39, 0.29) is 30.4 Å². The van der Waals surface area contributed by atoms with Gasteiger partial charge in [0.1, 0.15) is 0 Å². The standard InChI is InChI=1S/C22H28O7S/c1-2-3-11-19(21(23)24)15-18(14-17-9-5-4-6-10-17)16-20(22(25)26)12-7-8-13-30(27,28)29/h4-6,9-10,14-16H,2-3,7-8,11-13H2,1H3,(H,23,24)(H,25,26)(H,27,28,29). The summed E-state index contributed by atoms with van der Waals surface area (Å²) in [4.78, 5) is 23.3. The molecular weight excluding hydrogens is 408 g/mol. The van der Waals surface area contributed by atoms with Crippen molar-refractivity contribution < 1.29 is 32.8 Å². The van der Waals surface area contributed by atoms with Crippen molar-refractivity contribution in [1.29, 1.82) is 0 Å². The molecule has 164 valence electrons. The number of rotatable bonds is 13. The van der Waals surface area contributed by atoms with Gasteiger partial charge in [0.05, 0.1) is 5.75 Å². The Morgan fingerprint density at radius 1 is 0.900 bits per heavy atom. The number of carbonyl (C=O) groups is 2. The zero-order chi connectivity index (χ0) is 22.6.